The molecule has 6 heteroatoms. The van der Waals surface area contributed by atoms with Gasteiger partial charge in [0.25, 0.3) is 0 Å². The molecule has 0 aliphatic rings. The first-order valence-electron chi connectivity index (χ1n) is 6.40. The molecule has 4 nitrogen and oxygen atoms in total. The highest BCUT2D eigenvalue weighted by molar-refractivity contribution is 9.10. The van der Waals surface area contributed by atoms with Crippen molar-refractivity contribution < 1.29 is 14.3 Å². The molecule has 0 aliphatic heterocycles. The minimum Gasteiger partial charge on any atom is -0.481 e. The molecule has 1 aromatic carbocycles. The third-order valence-electron chi connectivity index (χ3n) is 3.19. The van der Waals surface area contributed by atoms with Crippen molar-refractivity contribution in [2.45, 2.75) is 26.7 Å². The first-order chi connectivity index (χ1) is 9.88. The second kappa shape index (κ2) is 6.30. The van der Waals surface area contributed by atoms with Gasteiger partial charge in [-0.05, 0) is 60.0 Å². The molecule has 1 aromatic heterocycles. The number of hydrogen-bond acceptors (Lipinski definition) is 3. The lowest BCUT2D eigenvalue weighted by atomic mass is 10.1. The number of carboxylic acid groups (broad SMARTS) is 1. The number of benzene rings is 1. The van der Waals surface area contributed by atoms with Crippen LogP contribution < -0.4 is 0 Å². The van der Waals surface area contributed by atoms with Crippen molar-refractivity contribution in [1.82, 2.24) is 9.97 Å². The van der Waals surface area contributed by atoms with Crippen molar-refractivity contribution in [2.75, 3.05) is 0 Å². The topological polar surface area (TPSA) is 63.1 Å². The van der Waals surface area contributed by atoms with E-state index in [2.05, 4.69) is 25.9 Å². The van der Waals surface area contributed by atoms with E-state index in [0.29, 0.717) is 22.3 Å². The van der Waals surface area contributed by atoms with E-state index < -0.39 is 5.97 Å². The Morgan fingerprint density at radius 2 is 1.90 bits per heavy atom. The molecule has 0 saturated heterocycles. The van der Waals surface area contributed by atoms with E-state index in [-0.39, 0.29) is 12.2 Å². The van der Waals surface area contributed by atoms with Gasteiger partial charge in [0.1, 0.15) is 5.82 Å². The predicted octanol–water partition coefficient (Wildman–Crippen LogP) is 3.68. The maximum atomic E-state index is 13.3. The van der Waals surface area contributed by atoms with Crippen LogP contribution >= 0.6 is 15.9 Å². The Balaban J connectivity index is 2.38. The van der Waals surface area contributed by atoms with Gasteiger partial charge in [0, 0.05) is 23.4 Å². The van der Waals surface area contributed by atoms with E-state index in [1.807, 2.05) is 13.8 Å². The fourth-order valence-corrected chi connectivity index (χ4v) is 2.48. The number of aromatic nitrogens is 2. The molecule has 110 valence electrons. The second-order valence-corrected chi connectivity index (χ2v) is 5.57. The Morgan fingerprint density at radius 1 is 1.29 bits per heavy atom. The standard InChI is InChI=1S/C15H14BrFN2O2/c1-8-11(4-6-14(20)21)9(2)19-15(18-8)10-3-5-13(17)12(16)7-10/h3,5,7H,4,6H2,1-2H3,(H,20,21). The SMILES string of the molecule is Cc1nc(-c2ccc(F)c(Br)c2)nc(C)c1CCC(=O)O. The summed E-state index contributed by atoms with van der Waals surface area (Å²) in [6.07, 6.45) is 0.451. The summed E-state index contributed by atoms with van der Waals surface area (Å²) in [5.74, 6) is -0.685. The smallest absolute Gasteiger partial charge is 0.303 e. The van der Waals surface area contributed by atoms with Crippen LogP contribution in [0.5, 0.6) is 0 Å². The summed E-state index contributed by atoms with van der Waals surface area (Å²) in [5.41, 5.74) is 3.06. The molecule has 0 spiro atoms. The fourth-order valence-electron chi connectivity index (χ4n) is 2.10. The Hall–Kier alpha value is -1.82. The number of aryl methyl sites for hydroxylation is 2. The molecular formula is C15H14BrFN2O2. The van der Waals surface area contributed by atoms with Crippen LogP contribution in [-0.4, -0.2) is 21.0 Å². The number of carboxylic acids is 1. The van der Waals surface area contributed by atoms with E-state index in [1.165, 1.54) is 6.07 Å². The van der Waals surface area contributed by atoms with Crippen LogP contribution in [0.15, 0.2) is 22.7 Å². The molecule has 1 heterocycles. The van der Waals surface area contributed by atoms with Gasteiger partial charge in [0.15, 0.2) is 5.82 Å². The summed E-state index contributed by atoms with van der Waals surface area (Å²) in [6, 6.07) is 4.59. The summed E-state index contributed by atoms with van der Waals surface area (Å²) in [5, 5.41) is 8.76. The molecule has 0 unspecified atom stereocenters. The van der Waals surface area contributed by atoms with Gasteiger partial charge in [0.2, 0.25) is 0 Å². The quantitative estimate of drug-likeness (QED) is 0.911. The van der Waals surface area contributed by atoms with Crippen molar-refractivity contribution in [3.05, 3.63) is 45.4 Å². The maximum Gasteiger partial charge on any atom is 0.303 e. The van der Waals surface area contributed by atoms with E-state index in [0.717, 1.165) is 17.0 Å². The monoisotopic (exact) mass is 352 g/mol. The normalized spacial score (nSPS) is 10.7. The lowest BCUT2D eigenvalue weighted by molar-refractivity contribution is -0.136. The maximum absolute atomic E-state index is 13.3. The molecule has 0 radical (unpaired) electrons. The van der Waals surface area contributed by atoms with E-state index in [4.69, 9.17) is 5.11 Å². The lowest BCUT2D eigenvalue weighted by Crippen LogP contribution is -2.06. The molecular weight excluding hydrogens is 339 g/mol. The van der Waals surface area contributed by atoms with Crippen molar-refractivity contribution in [3.63, 3.8) is 0 Å². The Morgan fingerprint density at radius 3 is 2.43 bits per heavy atom. The van der Waals surface area contributed by atoms with Crippen LogP contribution in [0.1, 0.15) is 23.4 Å². The van der Waals surface area contributed by atoms with Gasteiger partial charge in [-0.3, -0.25) is 4.79 Å². The number of hydrogen-bond donors (Lipinski definition) is 1. The number of nitrogens with zero attached hydrogens (tertiary/aromatic N) is 2. The van der Waals surface area contributed by atoms with Gasteiger partial charge in [-0.15, -0.1) is 0 Å². The van der Waals surface area contributed by atoms with Crippen LogP contribution in [0.3, 0.4) is 0 Å². The van der Waals surface area contributed by atoms with Crippen LogP contribution in [-0.2, 0) is 11.2 Å². The minimum absolute atomic E-state index is 0.0481. The molecule has 2 rings (SSSR count). The zero-order valence-electron chi connectivity index (χ0n) is 11.7. The molecule has 0 aliphatic carbocycles. The lowest BCUT2D eigenvalue weighted by Gasteiger charge is -2.10. The van der Waals surface area contributed by atoms with Gasteiger partial charge in [-0.1, -0.05) is 0 Å². The minimum atomic E-state index is -0.847. The van der Waals surface area contributed by atoms with Gasteiger partial charge in [-0.2, -0.15) is 0 Å². The largest absolute Gasteiger partial charge is 0.481 e. The van der Waals surface area contributed by atoms with Gasteiger partial charge >= 0.3 is 5.97 Å². The molecule has 0 atom stereocenters. The van der Waals surface area contributed by atoms with E-state index in [1.54, 1.807) is 12.1 Å². The van der Waals surface area contributed by atoms with Gasteiger partial charge in [-0.25, -0.2) is 14.4 Å². The van der Waals surface area contributed by atoms with E-state index >= 15 is 0 Å². The zero-order valence-corrected chi connectivity index (χ0v) is 13.2. The summed E-state index contributed by atoms with van der Waals surface area (Å²) in [4.78, 5) is 19.5. The third kappa shape index (κ3) is 3.64. The molecule has 2 aromatic rings. The molecule has 0 amide bonds. The Labute approximate surface area is 130 Å². The fraction of sp³-hybridized carbons (Fsp3) is 0.267. The summed E-state index contributed by atoms with van der Waals surface area (Å²) in [6.45, 7) is 3.65. The molecule has 1 N–H and O–H groups in total. The summed E-state index contributed by atoms with van der Waals surface area (Å²) >= 11 is 3.14. The predicted molar refractivity (Wildman–Crippen MR) is 80.6 cm³/mol. The average Bonchev–Trinajstić information content (AvgIpc) is 2.40. The zero-order chi connectivity index (χ0) is 15.6. The molecule has 0 fully saturated rings. The van der Waals surface area contributed by atoms with Crippen LogP contribution in [0.25, 0.3) is 11.4 Å². The summed E-state index contributed by atoms with van der Waals surface area (Å²) < 4.78 is 13.6. The average molecular weight is 353 g/mol. The van der Waals surface area contributed by atoms with Gasteiger partial charge < -0.3 is 5.11 Å². The van der Waals surface area contributed by atoms with E-state index in [9.17, 15) is 9.18 Å². The van der Waals surface area contributed by atoms with Crippen LogP contribution in [0.4, 0.5) is 4.39 Å². The Kier molecular flexibility index (Phi) is 4.67. The van der Waals surface area contributed by atoms with Crippen molar-refractivity contribution in [2.24, 2.45) is 0 Å². The number of rotatable bonds is 4. The first kappa shape index (κ1) is 15.6. The highest BCUT2D eigenvalue weighted by Gasteiger charge is 2.12. The molecule has 0 saturated carbocycles. The molecule has 0 bridgehead atoms. The van der Waals surface area contributed by atoms with Crippen molar-refractivity contribution in [1.29, 1.82) is 0 Å². The number of carbonyl (C=O) groups is 1. The first-order valence-corrected chi connectivity index (χ1v) is 7.19. The van der Waals surface area contributed by atoms with Crippen molar-refractivity contribution in [3.8, 4) is 11.4 Å². The van der Waals surface area contributed by atoms with Crippen molar-refractivity contribution >= 4 is 21.9 Å². The van der Waals surface area contributed by atoms with Gasteiger partial charge in [0.05, 0.1) is 4.47 Å². The highest BCUT2D eigenvalue weighted by Crippen LogP contribution is 2.24. The highest BCUT2D eigenvalue weighted by atomic mass is 79.9. The third-order valence-corrected chi connectivity index (χ3v) is 3.80. The number of halogens is 2. The molecule has 21 heavy (non-hydrogen) atoms. The Bertz CT molecular complexity index is 681. The van der Waals surface area contributed by atoms with Crippen LogP contribution in [0.2, 0.25) is 0 Å². The number of aliphatic carboxylic acids is 1. The summed E-state index contributed by atoms with van der Waals surface area (Å²) in [7, 11) is 0. The van der Waals surface area contributed by atoms with Crippen LogP contribution in [0, 0.1) is 19.7 Å². The second-order valence-electron chi connectivity index (χ2n) is 4.72.